The van der Waals surface area contributed by atoms with Gasteiger partial charge in [-0.05, 0) is 13.8 Å². The van der Waals surface area contributed by atoms with Gasteiger partial charge in [-0.2, -0.15) is 0 Å². The fraction of sp³-hybridized carbons (Fsp3) is 0.857. The first kappa shape index (κ1) is 9.14. The number of esters is 1. The van der Waals surface area contributed by atoms with Crippen LogP contribution >= 0.6 is 23.2 Å². The highest BCUT2D eigenvalue weighted by molar-refractivity contribution is 6.53. The number of hydrogen-bond acceptors (Lipinski definition) is 2. The third-order valence-electron chi connectivity index (χ3n) is 1.98. The minimum atomic E-state index is -0.904. The minimum absolute atomic E-state index is 0.301. The van der Waals surface area contributed by atoms with E-state index in [9.17, 15) is 4.79 Å². The van der Waals surface area contributed by atoms with E-state index < -0.39 is 9.75 Å². The van der Waals surface area contributed by atoms with Gasteiger partial charge in [0.25, 0.3) is 0 Å². The highest BCUT2D eigenvalue weighted by atomic mass is 35.5. The number of halogens is 2. The molecule has 0 unspecified atom stereocenters. The van der Waals surface area contributed by atoms with E-state index >= 15 is 0 Å². The summed E-state index contributed by atoms with van der Waals surface area (Å²) in [7, 11) is 0. The molecule has 1 aliphatic rings. The van der Waals surface area contributed by atoms with Crippen molar-refractivity contribution in [2.45, 2.75) is 24.6 Å². The fourth-order valence-electron chi connectivity index (χ4n) is 0.912. The second-order valence-corrected chi connectivity index (χ2v) is 4.42. The van der Waals surface area contributed by atoms with Crippen LogP contribution in [0.2, 0.25) is 0 Å². The molecular formula is C7H10Cl2O2. The Kier molecular flexibility index (Phi) is 2.10. The van der Waals surface area contributed by atoms with Gasteiger partial charge in [-0.15, -0.1) is 23.2 Å². The van der Waals surface area contributed by atoms with Crippen molar-refractivity contribution in [1.29, 1.82) is 0 Å². The van der Waals surface area contributed by atoms with Crippen molar-refractivity contribution in [2.75, 3.05) is 6.61 Å². The fourth-order valence-corrected chi connectivity index (χ4v) is 1.60. The molecule has 0 heterocycles. The average Bonchev–Trinajstić information content (AvgIpc) is 2.35. The lowest BCUT2D eigenvalue weighted by molar-refractivity contribution is -0.149. The van der Waals surface area contributed by atoms with Gasteiger partial charge in [0.15, 0.2) is 0 Å². The maximum Gasteiger partial charge on any atom is 0.314 e. The third kappa shape index (κ3) is 1.34. The van der Waals surface area contributed by atoms with Gasteiger partial charge in [0.05, 0.1) is 6.61 Å². The summed E-state index contributed by atoms with van der Waals surface area (Å²) in [6, 6.07) is 0. The van der Waals surface area contributed by atoms with Gasteiger partial charge < -0.3 is 4.74 Å². The van der Waals surface area contributed by atoms with Crippen LogP contribution in [0.1, 0.15) is 20.3 Å². The molecule has 0 aromatic heterocycles. The van der Waals surface area contributed by atoms with E-state index in [0.29, 0.717) is 13.0 Å². The van der Waals surface area contributed by atoms with Crippen LogP contribution in [0.5, 0.6) is 0 Å². The zero-order chi connectivity index (χ0) is 8.70. The first-order chi connectivity index (χ1) is 4.94. The highest BCUT2D eigenvalue weighted by Gasteiger charge is 2.69. The van der Waals surface area contributed by atoms with E-state index in [2.05, 4.69) is 0 Å². The molecule has 1 aliphatic carbocycles. The summed E-state index contributed by atoms with van der Waals surface area (Å²) >= 11 is 11.5. The van der Waals surface area contributed by atoms with E-state index in [-0.39, 0.29) is 5.97 Å². The zero-order valence-electron chi connectivity index (χ0n) is 6.49. The molecule has 0 amide bonds. The van der Waals surface area contributed by atoms with Crippen LogP contribution in [0.25, 0.3) is 0 Å². The minimum Gasteiger partial charge on any atom is -0.465 e. The first-order valence-corrected chi connectivity index (χ1v) is 4.25. The van der Waals surface area contributed by atoms with Gasteiger partial charge in [0.1, 0.15) is 9.75 Å². The van der Waals surface area contributed by atoms with Crippen LogP contribution in [0, 0.1) is 5.41 Å². The van der Waals surface area contributed by atoms with Crippen LogP contribution in [0.4, 0.5) is 0 Å². The lowest BCUT2D eigenvalue weighted by Gasteiger charge is -2.09. The van der Waals surface area contributed by atoms with Crippen LogP contribution in [-0.4, -0.2) is 16.9 Å². The Bertz CT molecular complexity index is 191. The lowest BCUT2D eigenvalue weighted by atomic mass is 10.1. The second kappa shape index (κ2) is 2.53. The summed E-state index contributed by atoms with van der Waals surface area (Å²) in [5.74, 6) is -0.301. The first-order valence-electron chi connectivity index (χ1n) is 3.49. The summed E-state index contributed by atoms with van der Waals surface area (Å²) in [4.78, 5) is 11.2. The quantitative estimate of drug-likeness (QED) is 0.500. The molecule has 1 rings (SSSR count). The van der Waals surface area contributed by atoms with E-state index in [1.165, 1.54) is 0 Å². The Morgan fingerprint density at radius 3 is 2.36 bits per heavy atom. The molecule has 0 N–H and O–H groups in total. The molecule has 0 radical (unpaired) electrons. The molecule has 0 saturated heterocycles. The van der Waals surface area contributed by atoms with Crippen LogP contribution in [-0.2, 0) is 9.53 Å². The van der Waals surface area contributed by atoms with Crippen molar-refractivity contribution < 1.29 is 9.53 Å². The molecule has 0 bridgehead atoms. The number of alkyl halides is 2. The van der Waals surface area contributed by atoms with Crippen LogP contribution in [0.15, 0.2) is 0 Å². The Hall–Kier alpha value is 0.0500. The SMILES string of the molecule is CCOC(=O)[C@]1(C)CC1(Cl)Cl. The van der Waals surface area contributed by atoms with Crippen molar-refractivity contribution in [3.05, 3.63) is 0 Å². The predicted octanol–water partition coefficient (Wildman–Crippen LogP) is 2.13. The standard InChI is InChI=1S/C7H10Cl2O2/c1-3-11-5(10)6(2)4-7(6,8)9/h3-4H2,1-2H3/t6-/m0/s1. The smallest absolute Gasteiger partial charge is 0.314 e. The van der Waals surface area contributed by atoms with E-state index in [1.54, 1.807) is 13.8 Å². The van der Waals surface area contributed by atoms with Crippen molar-refractivity contribution in [2.24, 2.45) is 5.41 Å². The molecular weight excluding hydrogens is 187 g/mol. The summed E-state index contributed by atoms with van der Waals surface area (Å²) in [5.41, 5.74) is -0.674. The number of carbonyl (C=O) groups is 1. The molecule has 0 spiro atoms. The topological polar surface area (TPSA) is 26.3 Å². The second-order valence-electron chi connectivity index (χ2n) is 2.93. The van der Waals surface area contributed by atoms with E-state index in [4.69, 9.17) is 27.9 Å². The van der Waals surface area contributed by atoms with Gasteiger partial charge >= 0.3 is 5.97 Å². The highest BCUT2D eigenvalue weighted by Crippen LogP contribution is 2.64. The Morgan fingerprint density at radius 1 is 1.64 bits per heavy atom. The van der Waals surface area contributed by atoms with Gasteiger partial charge in [-0.3, -0.25) is 4.79 Å². The van der Waals surface area contributed by atoms with Crippen molar-refractivity contribution >= 4 is 29.2 Å². The molecule has 11 heavy (non-hydrogen) atoms. The third-order valence-corrected chi connectivity index (χ3v) is 3.09. The summed E-state index contributed by atoms with van der Waals surface area (Å²) < 4.78 is 3.89. The number of carbonyl (C=O) groups excluding carboxylic acids is 1. The molecule has 1 atom stereocenters. The van der Waals surface area contributed by atoms with Gasteiger partial charge in [-0.1, -0.05) is 0 Å². The van der Waals surface area contributed by atoms with Crippen LogP contribution in [0.3, 0.4) is 0 Å². The molecule has 2 nitrogen and oxygen atoms in total. The maximum atomic E-state index is 11.2. The monoisotopic (exact) mass is 196 g/mol. The zero-order valence-corrected chi connectivity index (χ0v) is 8.00. The van der Waals surface area contributed by atoms with Crippen molar-refractivity contribution in [1.82, 2.24) is 0 Å². The largest absolute Gasteiger partial charge is 0.465 e. The summed E-state index contributed by atoms with van der Waals surface area (Å²) in [6.07, 6.45) is 0.488. The predicted molar refractivity (Wildman–Crippen MR) is 43.8 cm³/mol. The Balaban J connectivity index is 2.57. The van der Waals surface area contributed by atoms with E-state index in [0.717, 1.165) is 0 Å². The Morgan fingerprint density at radius 2 is 2.09 bits per heavy atom. The molecule has 1 fully saturated rings. The molecule has 64 valence electrons. The summed E-state index contributed by atoms with van der Waals surface area (Å²) in [6.45, 7) is 3.84. The number of rotatable bonds is 2. The van der Waals surface area contributed by atoms with Gasteiger partial charge in [-0.25, -0.2) is 0 Å². The van der Waals surface area contributed by atoms with E-state index in [1.807, 2.05) is 0 Å². The van der Waals surface area contributed by atoms with Crippen molar-refractivity contribution in [3.8, 4) is 0 Å². The molecule has 4 heteroatoms. The van der Waals surface area contributed by atoms with Gasteiger partial charge in [0, 0.05) is 6.42 Å². The lowest BCUT2D eigenvalue weighted by Crippen LogP contribution is -2.20. The molecule has 0 aromatic rings. The molecule has 1 saturated carbocycles. The molecule has 0 aromatic carbocycles. The number of ether oxygens (including phenoxy) is 1. The van der Waals surface area contributed by atoms with Gasteiger partial charge in [0.2, 0.25) is 0 Å². The maximum absolute atomic E-state index is 11.2. The number of hydrogen-bond donors (Lipinski definition) is 0. The average molecular weight is 197 g/mol. The van der Waals surface area contributed by atoms with Crippen LogP contribution < -0.4 is 0 Å². The summed E-state index contributed by atoms with van der Waals surface area (Å²) in [5, 5.41) is 0. The normalized spacial score (nSPS) is 33.1. The Labute approximate surface area is 75.8 Å². The van der Waals surface area contributed by atoms with Crippen molar-refractivity contribution in [3.63, 3.8) is 0 Å². The molecule has 0 aliphatic heterocycles.